The zero-order valence-electron chi connectivity index (χ0n) is 24.3. The van der Waals surface area contributed by atoms with Gasteiger partial charge in [-0.3, -0.25) is 0 Å². The van der Waals surface area contributed by atoms with Gasteiger partial charge >= 0.3 is 15.6 Å². The Morgan fingerprint density at radius 1 is 0.974 bits per heavy atom. The van der Waals surface area contributed by atoms with E-state index in [0.717, 1.165) is 51.4 Å². The lowest BCUT2D eigenvalue weighted by molar-refractivity contribution is -0.226. The summed E-state index contributed by atoms with van der Waals surface area (Å²) in [5.41, 5.74) is -5.49. The van der Waals surface area contributed by atoms with Gasteiger partial charge in [0.25, 0.3) is 0 Å². The molecule has 9 unspecified atom stereocenters. The van der Waals surface area contributed by atoms with Crippen LogP contribution in [-0.4, -0.2) is 20.2 Å². The maximum Gasteiger partial charge on any atom is 0.534 e. The molecule has 0 N–H and O–H groups in total. The first-order chi connectivity index (χ1) is 17.8. The average molecular weight is 571 g/mol. The summed E-state index contributed by atoms with van der Waals surface area (Å²) in [5.74, 6) is 1.40. The van der Waals surface area contributed by atoms with Gasteiger partial charge in [0.15, 0.2) is 0 Å². The van der Waals surface area contributed by atoms with Crippen molar-refractivity contribution in [2.45, 2.75) is 105 Å². The first-order valence-corrected chi connectivity index (χ1v) is 16.0. The van der Waals surface area contributed by atoms with Crippen molar-refractivity contribution in [2.75, 3.05) is 0 Å². The van der Waals surface area contributed by atoms with Crippen LogP contribution in [0, 0.1) is 56.7 Å². The van der Waals surface area contributed by atoms with Gasteiger partial charge in [0.05, 0.1) is 0 Å². The maximum absolute atomic E-state index is 13.2. The molecule has 0 heterocycles. The third-order valence-corrected chi connectivity index (χ3v) is 14.3. The summed E-state index contributed by atoms with van der Waals surface area (Å²) in [5, 5.41) is 0. The quantitative estimate of drug-likeness (QED) is 0.148. The molecule has 0 aliphatic heterocycles. The number of halogens is 3. The van der Waals surface area contributed by atoms with Crippen LogP contribution < -0.4 is 0 Å². The smallest absolute Gasteiger partial charge is 0.380 e. The molecule has 0 aromatic heterocycles. The second kappa shape index (κ2) is 8.61. The summed E-state index contributed by atoms with van der Waals surface area (Å²) in [6.45, 7) is 17.3. The van der Waals surface area contributed by atoms with Gasteiger partial charge in [-0.25, -0.2) is 0 Å². The topological polar surface area (TPSA) is 60.4 Å². The molecular formula is C31H45F3O4S. The Labute approximate surface area is 232 Å². The Morgan fingerprint density at radius 2 is 1.64 bits per heavy atom. The fourth-order valence-electron chi connectivity index (χ4n) is 11.3. The first kappa shape index (κ1) is 29.2. The highest BCUT2D eigenvalue weighted by Crippen LogP contribution is 2.77. The fourth-order valence-corrected chi connectivity index (χ4v) is 11.9. The maximum atomic E-state index is 13.2. The lowest BCUT2D eigenvalue weighted by atomic mass is 9.33. The molecule has 0 amide bonds. The summed E-state index contributed by atoms with van der Waals surface area (Å²) in [6, 6.07) is 0. The van der Waals surface area contributed by atoms with Crippen LogP contribution in [0.2, 0.25) is 0 Å². The minimum absolute atomic E-state index is 0.000960. The Balaban J connectivity index is 1.52. The van der Waals surface area contributed by atoms with E-state index in [-0.39, 0.29) is 33.3 Å². The van der Waals surface area contributed by atoms with Crippen LogP contribution in [-0.2, 0) is 19.1 Å². The van der Waals surface area contributed by atoms with Gasteiger partial charge in [-0.1, -0.05) is 46.8 Å². The predicted molar refractivity (Wildman–Crippen MR) is 145 cm³/mol. The zero-order valence-corrected chi connectivity index (χ0v) is 25.1. The van der Waals surface area contributed by atoms with Gasteiger partial charge in [0, 0.05) is 10.8 Å². The van der Waals surface area contributed by atoms with Gasteiger partial charge in [-0.05, 0) is 117 Å². The molecule has 0 radical (unpaired) electrons. The highest BCUT2D eigenvalue weighted by Gasteiger charge is 2.70. The first-order valence-electron chi connectivity index (χ1n) is 14.6. The fraction of sp³-hybridized carbons (Fsp3) is 0.839. The number of carbonyl (C=O) groups excluding carboxylic acids is 1. The molecule has 8 heteroatoms. The van der Waals surface area contributed by atoms with Crippen molar-refractivity contribution in [1.29, 1.82) is 0 Å². The van der Waals surface area contributed by atoms with Gasteiger partial charge in [0.1, 0.15) is 12.0 Å². The highest BCUT2D eigenvalue weighted by atomic mass is 32.2. The van der Waals surface area contributed by atoms with Crippen molar-refractivity contribution < 1.29 is 30.6 Å². The standard InChI is InChI=1S/C31H45F3O4S/c1-19(2)20-10-15-30(18-35)17-16-28(6)21(25(20)30)8-9-23-27(5)13-12-24(38-39(36,37)31(32,33)34)26(3,4)22(27)11-14-29(23,28)7/h12,18,20-23,25H,1,8-11,13-17H2,2-7H3. The monoisotopic (exact) mass is 570 g/mol. The molecule has 220 valence electrons. The van der Waals surface area contributed by atoms with Crippen molar-refractivity contribution in [3.63, 3.8) is 0 Å². The molecule has 5 rings (SSSR count). The molecule has 4 nitrogen and oxygen atoms in total. The summed E-state index contributed by atoms with van der Waals surface area (Å²) in [4.78, 5) is 12.6. The van der Waals surface area contributed by atoms with Crippen LogP contribution in [0.25, 0.3) is 0 Å². The normalized spacial score (nSPS) is 47.1. The van der Waals surface area contributed by atoms with Gasteiger partial charge in [-0.2, -0.15) is 21.6 Å². The van der Waals surface area contributed by atoms with Crippen molar-refractivity contribution in [1.82, 2.24) is 0 Å². The number of hydrogen-bond donors (Lipinski definition) is 0. The van der Waals surface area contributed by atoms with Crippen LogP contribution in [0.15, 0.2) is 24.0 Å². The van der Waals surface area contributed by atoms with Gasteiger partial charge < -0.3 is 8.98 Å². The number of hydrogen-bond acceptors (Lipinski definition) is 4. The van der Waals surface area contributed by atoms with E-state index in [1.807, 2.05) is 13.8 Å². The molecule has 0 bridgehead atoms. The minimum atomic E-state index is -5.72. The van der Waals surface area contributed by atoms with E-state index >= 15 is 0 Å². The molecule has 0 aromatic rings. The van der Waals surface area contributed by atoms with E-state index in [2.05, 4.69) is 34.3 Å². The second-order valence-electron chi connectivity index (χ2n) is 15.0. The number of fused-ring (bicyclic) bond motifs is 7. The second-order valence-corrected chi connectivity index (χ2v) is 16.6. The Bertz CT molecular complexity index is 1200. The summed E-state index contributed by atoms with van der Waals surface area (Å²) >= 11 is 0. The van der Waals surface area contributed by atoms with Gasteiger partial charge in [-0.15, -0.1) is 0 Å². The van der Waals surface area contributed by atoms with Crippen LogP contribution >= 0.6 is 0 Å². The number of aldehydes is 1. The summed E-state index contributed by atoms with van der Waals surface area (Å²) in [6.07, 6.45) is 11.1. The SMILES string of the molecule is C=C(C)C1CCC2(C=O)CCC3(C)C(CCC4C5(C)CC=C(OS(=O)(=O)C(F)(F)F)C(C)(C)C5CCC43C)C12. The number of carbonyl (C=O) groups is 1. The van der Waals surface area contributed by atoms with Gasteiger partial charge in [0.2, 0.25) is 0 Å². The molecule has 9 atom stereocenters. The number of rotatable bonds is 4. The third-order valence-electron chi connectivity index (χ3n) is 13.3. The number of allylic oxidation sites excluding steroid dienone is 3. The van der Waals surface area contributed by atoms with E-state index in [4.69, 9.17) is 4.18 Å². The van der Waals surface area contributed by atoms with E-state index < -0.39 is 21.0 Å². The molecule has 0 aromatic carbocycles. The molecule has 4 fully saturated rings. The van der Waals surface area contributed by atoms with Crippen LogP contribution in [0.3, 0.4) is 0 Å². The van der Waals surface area contributed by atoms with Crippen molar-refractivity contribution >= 4 is 16.4 Å². The van der Waals surface area contributed by atoms with Crippen molar-refractivity contribution in [3.8, 4) is 0 Å². The van der Waals surface area contributed by atoms with E-state index in [9.17, 15) is 26.4 Å². The molecule has 5 aliphatic carbocycles. The largest absolute Gasteiger partial charge is 0.534 e. The average Bonchev–Trinajstić information content (AvgIpc) is 3.21. The minimum Gasteiger partial charge on any atom is -0.380 e. The van der Waals surface area contributed by atoms with Crippen molar-refractivity contribution in [3.05, 3.63) is 24.0 Å². The molecule has 0 saturated heterocycles. The van der Waals surface area contributed by atoms with E-state index in [1.165, 1.54) is 11.9 Å². The van der Waals surface area contributed by atoms with Crippen molar-refractivity contribution in [2.24, 2.45) is 56.7 Å². The van der Waals surface area contributed by atoms with Crippen LogP contribution in [0.5, 0.6) is 0 Å². The van der Waals surface area contributed by atoms with E-state index in [0.29, 0.717) is 30.1 Å². The zero-order chi connectivity index (χ0) is 29.0. The lowest BCUT2D eigenvalue weighted by Crippen LogP contribution is -2.65. The summed E-state index contributed by atoms with van der Waals surface area (Å²) < 4.78 is 68.2. The molecular weight excluding hydrogens is 525 g/mol. The Hall–Kier alpha value is -1.31. The molecule has 0 spiro atoms. The Morgan fingerprint density at radius 3 is 2.23 bits per heavy atom. The molecule has 4 saturated carbocycles. The van der Waals surface area contributed by atoms with E-state index in [1.54, 1.807) is 6.08 Å². The number of alkyl halides is 3. The molecule has 5 aliphatic rings. The predicted octanol–water partition coefficient (Wildman–Crippen LogP) is 8.20. The van der Waals surface area contributed by atoms with Crippen LogP contribution in [0.4, 0.5) is 13.2 Å². The lowest BCUT2D eigenvalue weighted by Gasteiger charge is -2.72. The molecule has 39 heavy (non-hydrogen) atoms. The highest BCUT2D eigenvalue weighted by molar-refractivity contribution is 7.87. The third kappa shape index (κ3) is 3.74. The van der Waals surface area contributed by atoms with Crippen LogP contribution in [0.1, 0.15) is 99.3 Å². The Kier molecular flexibility index (Phi) is 6.44. The summed E-state index contributed by atoms with van der Waals surface area (Å²) in [7, 11) is -5.72.